The fourth-order valence-corrected chi connectivity index (χ4v) is 2.73. The lowest BCUT2D eigenvalue weighted by molar-refractivity contribution is -0.0511. The Morgan fingerprint density at radius 2 is 2.04 bits per heavy atom. The van der Waals surface area contributed by atoms with Gasteiger partial charge in [0.1, 0.15) is 30.7 Å². The van der Waals surface area contributed by atoms with Crippen molar-refractivity contribution in [1.82, 2.24) is 19.5 Å². The van der Waals surface area contributed by atoms with Crippen LogP contribution in [0.4, 0.5) is 5.82 Å². The first-order valence-electron chi connectivity index (χ1n) is 8.37. The third-order valence-corrected chi connectivity index (χ3v) is 4.24. The van der Waals surface area contributed by atoms with Gasteiger partial charge in [0, 0.05) is 6.54 Å². The molecule has 2 unspecified atom stereocenters. The molecule has 0 amide bonds. The summed E-state index contributed by atoms with van der Waals surface area (Å²) in [5, 5.41) is 55.1. The molecule has 0 saturated carbocycles. The Bertz CT molecular complexity index is 765. The molecule has 1 aliphatic rings. The van der Waals surface area contributed by atoms with Gasteiger partial charge in [0.15, 0.2) is 23.2 Å². The number of nitrogens with one attached hydrogen (secondary N) is 1. The number of rotatable bonds is 8. The van der Waals surface area contributed by atoms with Crippen LogP contribution >= 0.6 is 0 Å². The van der Waals surface area contributed by atoms with Crippen LogP contribution in [-0.4, -0.2) is 102 Å². The van der Waals surface area contributed by atoms with E-state index in [1.54, 1.807) is 0 Å². The molecular weight excluding hydrogens is 350 g/mol. The third kappa shape index (κ3) is 3.35. The first-order chi connectivity index (χ1) is 13.0. The van der Waals surface area contributed by atoms with Gasteiger partial charge in [-0.25, -0.2) is 15.0 Å². The van der Waals surface area contributed by atoms with Crippen LogP contribution in [0, 0.1) is 0 Å². The summed E-state index contributed by atoms with van der Waals surface area (Å²) < 4.78 is 13.9. The van der Waals surface area contributed by atoms with E-state index < -0.39 is 50.0 Å². The minimum atomic E-state index is -1.29. The maximum absolute atomic E-state index is 10.2. The molecule has 1 fully saturated rings. The van der Waals surface area contributed by atoms with Gasteiger partial charge in [0.2, 0.25) is 1.43 Å². The van der Waals surface area contributed by atoms with Gasteiger partial charge in [0.25, 0.3) is 0 Å². The summed E-state index contributed by atoms with van der Waals surface area (Å²) in [7, 11) is 0. The number of aliphatic hydroxyl groups excluding tert-OH is 6. The van der Waals surface area contributed by atoms with Crippen LogP contribution < -0.4 is 5.32 Å². The number of ether oxygens (including phenoxy) is 1. The molecular formula is C14H21N5O7. The molecule has 12 nitrogen and oxygen atoms in total. The summed E-state index contributed by atoms with van der Waals surface area (Å²) in [6.07, 6.45) is -4.12. The summed E-state index contributed by atoms with van der Waals surface area (Å²) in [5.41, 5.74) is 0.617. The van der Waals surface area contributed by atoms with Gasteiger partial charge < -0.3 is 40.7 Å². The maximum Gasteiger partial charge on any atom is 0.211 e. The summed E-state index contributed by atoms with van der Waals surface area (Å²) in [5.74, 6) is 0.276. The molecule has 0 spiro atoms. The number of hydrogen-bond acceptors (Lipinski definition) is 11. The first kappa shape index (κ1) is 17.5. The van der Waals surface area contributed by atoms with Crippen molar-refractivity contribution in [3.8, 4) is 0 Å². The molecule has 0 aliphatic carbocycles. The topological polar surface area (TPSA) is 186 Å². The highest BCUT2D eigenvalue weighted by atomic mass is 16.6. The largest absolute Gasteiger partial charge is 0.394 e. The van der Waals surface area contributed by atoms with Crippen LogP contribution in [0.2, 0.25) is 0 Å². The molecule has 1 saturated heterocycles. The minimum Gasteiger partial charge on any atom is -0.394 e. The smallest absolute Gasteiger partial charge is 0.211 e. The lowest BCUT2D eigenvalue weighted by Gasteiger charge is -2.17. The van der Waals surface area contributed by atoms with Crippen LogP contribution in [0.3, 0.4) is 0 Å². The van der Waals surface area contributed by atoms with Crippen LogP contribution in [-0.2, 0) is 4.74 Å². The number of imidazole rings is 1. The van der Waals surface area contributed by atoms with Gasteiger partial charge in [-0.1, -0.05) is 0 Å². The van der Waals surface area contributed by atoms with Crippen molar-refractivity contribution in [3.63, 3.8) is 0 Å². The summed E-state index contributed by atoms with van der Waals surface area (Å²) in [6, 6.07) is 0. The quantitative estimate of drug-likeness (QED) is 0.244. The second kappa shape index (κ2) is 7.75. The molecule has 26 heavy (non-hydrogen) atoms. The van der Waals surface area contributed by atoms with Crippen molar-refractivity contribution in [2.24, 2.45) is 0 Å². The van der Waals surface area contributed by atoms with E-state index in [-0.39, 0.29) is 12.4 Å². The Balaban J connectivity index is 1.83. The zero-order valence-corrected chi connectivity index (χ0v) is 13.6. The number of aliphatic hydroxyl groups is 6. The van der Waals surface area contributed by atoms with Gasteiger partial charge in [-0.15, -0.1) is 0 Å². The van der Waals surface area contributed by atoms with Gasteiger partial charge in [-0.05, 0) is 0 Å². The maximum atomic E-state index is 10.2. The SMILES string of the molecule is [2H]OC(CNc1ncnc2c1ncn2[C@@H]1O[C@H](CO)[C@@H](O)[C@H]1O)C(O)CO. The number of hydrogen-bond donors (Lipinski definition) is 7. The fraction of sp³-hybridized carbons (Fsp3) is 0.643. The zero-order valence-electron chi connectivity index (χ0n) is 14.6. The second-order valence-electron chi connectivity index (χ2n) is 5.94. The predicted molar refractivity (Wildman–Crippen MR) is 85.9 cm³/mol. The molecule has 0 aromatic carbocycles. The highest BCUT2D eigenvalue weighted by Crippen LogP contribution is 2.32. The molecule has 144 valence electrons. The second-order valence-corrected chi connectivity index (χ2v) is 5.94. The molecule has 3 heterocycles. The monoisotopic (exact) mass is 372 g/mol. The van der Waals surface area contributed by atoms with Crippen molar-refractivity contribution in [3.05, 3.63) is 12.7 Å². The summed E-state index contributed by atoms with van der Waals surface area (Å²) >= 11 is 0. The van der Waals surface area contributed by atoms with E-state index in [2.05, 4.69) is 25.4 Å². The van der Waals surface area contributed by atoms with Gasteiger partial charge in [-0.2, -0.15) is 0 Å². The third-order valence-electron chi connectivity index (χ3n) is 4.24. The number of nitrogens with zero attached hydrogens (tertiary/aromatic N) is 4. The Kier molecular flexibility index (Phi) is 5.21. The normalized spacial score (nSPS) is 28.9. The van der Waals surface area contributed by atoms with E-state index in [1.807, 2.05) is 0 Å². The molecule has 7 N–H and O–H groups in total. The molecule has 12 heteroatoms. The average molecular weight is 372 g/mol. The molecule has 6 atom stereocenters. The van der Waals surface area contributed by atoms with Crippen molar-refractivity contribution >= 4 is 17.0 Å². The van der Waals surface area contributed by atoms with E-state index in [0.29, 0.717) is 11.2 Å². The molecule has 2 aromatic heterocycles. The van der Waals surface area contributed by atoms with E-state index in [9.17, 15) is 20.4 Å². The van der Waals surface area contributed by atoms with Crippen LogP contribution in [0.5, 0.6) is 0 Å². The zero-order chi connectivity index (χ0) is 19.6. The highest BCUT2D eigenvalue weighted by Gasteiger charge is 2.44. The van der Waals surface area contributed by atoms with E-state index >= 15 is 0 Å². The fourth-order valence-electron chi connectivity index (χ4n) is 2.73. The van der Waals surface area contributed by atoms with Gasteiger partial charge >= 0.3 is 0 Å². The molecule has 2 aromatic rings. The Labute approximate surface area is 148 Å². The minimum absolute atomic E-state index is 0.0297. The molecule has 3 rings (SSSR count). The summed E-state index contributed by atoms with van der Waals surface area (Å²) in [6.45, 7) is -1.05. The van der Waals surface area contributed by atoms with E-state index in [0.717, 1.165) is 0 Å². The highest BCUT2D eigenvalue weighted by molar-refractivity contribution is 5.82. The number of fused-ring (bicyclic) bond motifs is 1. The van der Waals surface area contributed by atoms with Gasteiger partial charge in [0.05, 0.1) is 25.6 Å². The predicted octanol–water partition coefficient (Wildman–Crippen LogP) is -3.44. The molecule has 1 aliphatic heterocycles. The standard InChI is InChI=1S/C14H21N5O7/c20-2-7(23)6(22)1-15-12-9-13(17-4-16-12)19(5-18-9)14-11(25)10(24)8(3-21)26-14/h4-8,10-11,14,20-25H,1-3H2,(H,15,16,17)/t6?,7?,8-,10-,11-,14-/m1/s1/i22D. The van der Waals surface area contributed by atoms with E-state index in [1.165, 1.54) is 17.2 Å². The first-order valence-corrected chi connectivity index (χ1v) is 7.96. The van der Waals surface area contributed by atoms with E-state index in [4.69, 9.17) is 11.3 Å². The number of anilines is 1. The Morgan fingerprint density at radius 3 is 2.69 bits per heavy atom. The lowest BCUT2D eigenvalue weighted by Crippen LogP contribution is -2.35. The van der Waals surface area contributed by atoms with Crippen LogP contribution in [0.1, 0.15) is 6.23 Å². The van der Waals surface area contributed by atoms with Crippen molar-refractivity contribution in [2.75, 3.05) is 25.1 Å². The van der Waals surface area contributed by atoms with Crippen LogP contribution in [0.25, 0.3) is 11.2 Å². The van der Waals surface area contributed by atoms with Crippen molar-refractivity contribution < 1.29 is 35.4 Å². The Morgan fingerprint density at radius 1 is 1.23 bits per heavy atom. The average Bonchev–Trinajstić information content (AvgIpc) is 3.24. The van der Waals surface area contributed by atoms with Gasteiger partial charge in [-0.3, -0.25) is 4.57 Å². The molecule has 0 radical (unpaired) electrons. The number of aromatic nitrogens is 4. The van der Waals surface area contributed by atoms with Crippen LogP contribution in [0.15, 0.2) is 12.7 Å². The van der Waals surface area contributed by atoms with Crippen molar-refractivity contribution in [1.29, 1.82) is 1.43 Å². The molecule has 0 bridgehead atoms. The lowest BCUT2D eigenvalue weighted by atomic mass is 10.1. The van der Waals surface area contributed by atoms with Crippen molar-refractivity contribution in [2.45, 2.75) is 36.7 Å². The Hall–Kier alpha value is -1.93. The summed E-state index contributed by atoms with van der Waals surface area (Å²) in [4.78, 5) is 12.3.